The molecule has 0 amide bonds. The smallest absolute Gasteiger partial charge is 0.0512 e. The number of halogens is 1. The first kappa shape index (κ1) is 7.98. The Labute approximate surface area is 85.0 Å². The van der Waals surface area contributed by atoms with E-state index in [0.717, 1.165) is 5.69 Å². The van der Waals surface area contributed by atoms with Crippen molar-refractivity contribution in [2.24, 2.45) is 0 Å². The van der Waals surface area contributed by atoms with Crippen LogP contribution in [0.2, 0.25) is 0 Å². The van der Waals surface area contributed by atoms with Gasteiger partial charge in [0.1, 0.15) is 0 Å². The van der Waals surface area contributed by atoms with Gasteiger partial charge in [0.05, 0.1) is 5.69 Å². The van der Waals surface area contributed by atoms with Crippen molar-refractivity contribution in [3.05, 3.63) is 39.7 Å². The van der Waals surface area contributed by atoms with Crippen LogP contribution in [0.15, 0.2) is 30.5 Å². The minimum absolute atomic E-state index is 1.11. The number of pyridine rings is 1. The zero-order chi connectivity index (χ0) is 8.55. The highest BCUT2D eigenvalue weighted by Crippen LogP contribution is 2.21. The third-order valence-electron chi connectivity index (χ3n) is 1.91. The van der Waals surface area contributed by atoms with E-state index >= 15 is 0 Å². The average Bonchev–Trinajstić information content (AvgIpc) is 2.12. The van der Waals surface area contributed by atoms with E-state index in [2.05, 4.69) is 45.8 Å². The molecule has 2 aromatic rings. The molecule has 1 aromatic heterocycles. The molecule has 0 N–H and O–H groups in total. The Kier molecular flexibility index (Phi) is 2.00. The molecule has 60 valence electrons. The molecule has 0 radical (unpaired) electrons. The van der Waals surface area contributed by atoms with Gasteiger partial charge in [-0.3, -0.25) is 4.98 Å². The first-order chi connectivity index (χ1) is 5.79. The van der Waals surface area contributed by atoms with Crippen molar-refractivity contribution in [3.8, 4) is 0 Å². The number of aromatic nitrogens is 1. The third kappa shape index (κ3) is 1.20. The summed E-state index contributed by atoms with van der Waals surface area (Å²) in [5.74, 6) is 0. The van der Waals surface area contributed by atoms with Gasteiger partial charge in [0.15, 0.2) is 0 Å². The summed E-state index contributed by atoms with van der Waals surface area (Å²) < 4.78 is 1.26. The van der Waals surface area contributed by atoms with E-state index in [4.69, 9.17) is 0 Å². The SMILES string of the molecule is Cc1ncc2ccccc2c1I. The molecule has 2 rings (SSSR count). The minimum Gasteiger partial charge on any atom is -0.260 e. The summed E-state index contributed by atoms with van der Waals surface area (Å²) in [5.41, 5.74) is 1.11. The fourth-order valence-corrected chi connectivity index (χ4v) is 1.86. The lowest BCUT2D eigenvalue weighted by atomic mass is 10.1. The molecule has 0 unspecified atom stereocenters. The van der Waals surface area contributed by atoms with E-state index in [0.29, 0.717) is 0 Å². The number of aryl methyl sites for hydroxylation is 1. The van der Waals surface area contributed by atoms with E-state index < -0.39 is 0 Å². The Morgan fingerprint density at radius 3 is 2.83 bits per heavy atom. The normalized spacial score (nSPS) is 10.5. The zero-order valence-electron chi connectivity index (χ0n) is 6.71. The molecular formula is C10H8IN. The van der Waals surface area contributed by atoms with Gasteiger partial charge in [-0.25, -0.2) is 0 Å². The monoisotopic (exact) mass is 269 g/mol. The molecule has 12 heavy (non-hydrogen) atoms. The molecule has 0 spiro atoms. The molecule has 0 aliphatic heterocycles. The van der Waals surface area contributed by atoms with Gasteiger partial charge in [-0.2, -0.15) is 0 Å². The molecule has 0 saturated heterocycles. The quantitative estimate of drug-likeness (QED) is 0.669. The predicted octanol–water partition coefficient (Wildman–Crippen LogP) is 3.15. The highest BCUT2D eigenvalue weighted by Gasteiger charge is 2.00. The topological polar surface area (TPSA) is 12.9 Å². The summed E-state index contributed by atoms with van der Waals surface area (Å²) in [6.07, 6.45) is 1.92. The lowest BCUT2D eigenvalue weighted by molar-refractivity contribution is 1.20. The lowest BCUT2D eigenvalue weighted by Crippen LogP contribution is -1.86. The first-order valence-corrected chi connectivity index (χ1v) is 4.87. The van der Waals surface area contributed by atoms with Crippen molar-refractivity contribution in [3.63, 3.8) is 0 Å². The molecule has 1 nitrogen and oxygen atoms in total. The fraction of sp³-hybridized carbons (Fsp3) is 0.100. The number of hydrogen-bond donors (Lipinski definition) is 0. The van der Waals surface area contributed by atoms with Crippen LogP contribution >= 0.6 is 22.6 Å². The van der Waals surface area contributed by atoms with Crippen LogP contribution in [-0.4, -0.2) is 4.98 Å². The van der Waals surface area contributed by atoms with Gasteiger partial charge in [0.25, 0.3) is 0 Å². The van der Waals surface area contributed by atoms with E-state index in [1.54, 1.807) is 0 Å². The van der Waals surface area contributed by atoms with Crippen molar-refractivity contribution >= 4 is 33.4 Å². The predicted molar refractivity (Wildman–Crippen MR) is 59.2 cm³/mol. The van der Waals surface area contributed by atoms with Gasteiger partial charge in [0.2, 0.25) is 0 Å². The molecule has 0 fully saturated rings. The summed E-state index contributed by atoms with van der Waals surface area (Å²) in [6, 6.07) is 8.31. The maximum Gasteiger partial charge on any atom is 0.0512 e. The van der Waals surface area contributed by atoms with E-state index in [9.17, 15) is 0 Å². The van der Waals surface area contributed by atoms with Gasteiger partial charge >= 0.3 is 0 Å². The number of nitrogens with zero attached hydrogens (tertiary/aromatic N) is 1. The van der Waals surface area contributed by atoms with Gasteiger partial charge in [-0.15, -0.1) is 0 Å². The zero-order valence-corrected chi connectivity index (χ0v) is 8.87. The standard InChI is InChI=1S/C10H8IN/c1-7-10(11)9-5-3-2-4-8(9)6-12-7/h2-6H,1H3. The molecule has 0 saturated carbocycles. The number of rotatable bonds is 0. The van der Waals surface area contributed by atoms with Gasteiger partial charge in [-0.05, 0) is 34.9 Å². The molecule has 2 heteroatoms. The van der Waals surface area contributed by atoms with Crippen LogP contribution in [0.3, 0.4) is 0 Å². The molecule has 1 heterocycles. The van der Waals surface area contributed by atoms with Crippen molar-refractivity contribution in [2.45, 2.75) is 6.92 Å². The molecule has 0 bridgehead atoms. The number of benzene rings is 1. The van der Waals surface area contributed by atoms with Gasteiger partial charge < -0.3 is 0 Å². The summed E-state index contributed by atoms with van der Waals surface area (Å²) in [6.45, 7) is 2.04. The molecule has 0 aliphatic rings. The number of fused-ring (bicyclic) bond motifs is 1. The summed E-state index contributed by atoms with van der Waals surface area (Å²) >= 11 is 2.34. The highest BCUT2D eigenvalue weighted by atomic mass is 127. The minimum atomic E-state index is 1.11. The maximum absolute atomic E-state index is 4.30. The Hall–Kier alpha value is -0.640. The molecule has 0 aliphatic carbocycles. The number of hydrogen-bond acceptors (Lipinski definition) is 1. The van der Waals surface area contributed by atoms with Crippen molar-refractivity contribution in [1.29, 1.82) is 0 Å². The third-order valence-corrected chi connectivity index (χ3v) is 3.27. The van der Waals surface area contributed by atoms with Crippen LogP contribution < -0.4 is 0 Å². The van der Waals surface area contributed by atoms with Crippen LogP contribution in [0.5, 0.6) is 0 Å². The summed E-state index contributed by atoms with van der Waals surface area (Å²) in [7, 11) is 0. The average molecular weight is 269 g/mol. The van der Waals surface area contributed by atoms with Crippen LogP contribution in [0.25, 0.3) is 10.8 Å². The van der Waals surface area contributed by atoms with Crippen LogP contribution in [-0.2, 0) is 0 Å². The van der Waals surface area contributed by atoms with E-state index in [-0.39, 0.29) is 0 Å². The van der Waals surface area contributed by atoms with Gasteiger partial charge in [-0.1, -0.05) is 24.3 Å². The molecular weight excluding hydrogens is 261 g/mol. The van der Waals surface area contributed by atoms with Crippen LogP contribution in [0, 0.1) is 10.5 Å². The largest absolute Gasteiger partial charge is 0.260 e. The second kappa shape index (κ2) is 3.01. The lowest BCUT2D eigenvalue weighted by Gasteiger charge is -2.01. The summed E-state index contributed by atoms with van der Waals surface area (Å²) in [4.78, 5) is 4.30. The van der Waals surface area contributed by atoms with Crippen molar-refractivity contribution < 1.29 is 0 Å². The molecule has 1 aromatic carbocycles. The van der Waals surface area contributed by atoms with Gasteiger partial charge in [0, 0.05) is 15.2 Å². The fourth-order valence-electron chi connectivity index (χ4n) is 1.23. The Morgan fingerprint density at radius 1 is 1.25 bits per heavy atom. The first-order valence-electron chi connectivity index (χ1n) is 3.79. The van der Waals surface area contributed by atoms with E-state index in [1.807, 2.05) is 19.2 Å². The van der Waals surface area contributed by atoms with Crippen LogP contribution in [0.1, 0.15) is 5.69 Å². The van der Waals surface area contributed by atoms with E-state index in [1.165, 1.54) is 14.3 Å². The Balaban J connectivity index is 2.91. The molecule has 0 atom stereocenters. The Bertz CT molecular complexity index is 423. The van der Waals surface area contributed by atoms with Crippen molar-refractivity contribution in [2.75, 3.05) is 0 Å². The second-order valence-electron chi connectivity index (χ2n) is 2.74. The van der Waals surface area contributed by atoms with Crippen molar-refractivity contribution in [1.82, 2.24) is 4.98 Å². The maximum atomic E-state index is 4.30. The highest BCUT2D eigenvalue weighted by molar-refractivity contribution is 14.1. The van der Waals surface area contributed by atoms with Crippen LogP contribution in [0.4, 0.5) is 0 Å². The Morgan fingerprint density at radius 2 is 2.00 bits per heavy atom. The summed E-state index contributed by atoms with van der Waals surface area (Å²) in [5, 5.41) is 2.51. The second-order valence-corrected chi connectivity index (χ2v) is 3.82.